The van der Waals surface area contributed by atoms with Crippen molar-refractivity contribution in [2.75, 3.05) is 0 Å². The van der Waals surface area contributed by atoms with Crippen LogP contribution in [0.15, 0.2) is 28.7 Å². The summed E-state index contributed by atoms with van der Waals surface area (Å²) in [4.78, 5) is 14.8. The van der Waals surface area contributed by atoms with E-state index in [-0.39, 0.29) is 5.91 Å². The molecule has 18 heavy (non-hydrogen) atoms. The number of carbonyl (C=O) groups is 1. The molecule has 3 heteroatoms. The Bertz CT molecular complexity index is 465. The van der Waals surface area contributed by atoms with Crippen LogP contribution in [0.2, 0.25) is 0 Å². The van der Waals surface area contributed by atoms with E-state index < -0.39 is 0 Å². The Morgan fingerprint density at radius 3 is 2.61 bits per heavy atom. The van der Waals surface area contributed by atoms with Gasteiger partial charge in [-0.15, -0.1) is 0 Å². The van der Waals surface area contributed by atoms with E-state index in [0.29, 0.717) is 12.1 Å². The molecule has 1 amide bonds. The summed E-state index contributed by atoms with van der Waals surface area (Å²) in [5, 5.41) is 0. The molecule has 96 valence electrons. The van der Waals surface area contributed by atoms with E-state index in [1.54, 1.807) is 0 Å². The van der Waals surface area contributed by atoms with Gasteiger partial charge >= 0.3 is 0 Å². The minimum absolute atomic E-state index is 0.207. The van der Waals surface area contributed by atoms with Crippen LogP contribution >= 0.6 is 15.9 Å². The molecule has 0 aromatic heterocycles. The Kier molecular flexibility index (Phi) is 3.18. The molecule has 2 aliphatic rings. The van der Waals surface area contributed by atoms with Gasteiger partial charge in [-0.2, -0.15) is 0 Å². The molecule has 0 spiro atoms. The summed E-state index contributed by atoms with van der Waals surface area (Å²) >= 11 is 3.44. The molecule has 1 atom stereocenters. The predicted octanol–water partition coefficient (Wildman–Crippen LogP) is 3.85. The van der Waals surface area contributed by atoms with Gasteiger partial charge in [0.1, 0.15) is 0 Å². The molecule has 0 aliphatic heterocycles. The van der Waals surface area contributed by atoms with E-state index in [2.05, 4.69) is 27.8 Å². The minimum atomic E-state index is 0.207. The maximum atomic E-state index is 12.7. The fraction of sp³-hybridized carbons (Fsp3) is 0.533. The highest BCUT2D eigenvalue weighted by Gasteiger charge is 2.41. The van der Waals surface area contributed by atoms with Gasteiger partial charge in [0, 0.05) is 22.1 Å². The summed E-state index contributed by atoms with van der Waals surface area (Å²) in [6.07, 6.45) is 4.93. The number of nitrogens with zero attached hydrogens (tertiary/aromatic N) is 1. The van der Waals surface area contributed by atoms with E-state index in [1.807, 2.05) is 24.3 Å². The molecule has 2 saturated carbocycles. The summed E-state index contributed by atoms with van der Waals surface area (Å²) < 4.78 is 0.975. The van der Waals surface area contributed by atoms with Crippen molar-refractivity contribution in [1.82, 2.24) is 4.90 Å². The van der Waals surface area contributed by atoms with Crippen molar-refractivity contribution in [3.63, 3.8) is 0 Å². The third-order valence-electron chi connectivity index (χ3n) is 3.99. The Balaban J connectivity index is 1.83. The molecule has 0 bridgehead atoms. The van der Waals surface area contributed by atoms with Crippen LogP contribution in [0.3, 0.4) is 0 Å². The Hall–Kier alpha value is -0.830. The molecule has 1 aromatic rings. The average Bonchev–Trinajstić information content (AvgIpc) is 3.21. The van der Waals surface area contributed by atoms with E-state index in [9.17, 15) is 4.79 Å². The second-order valence-corrected chi connectivity index (χ2v) is 6.45. The maximum absolute atomic E-state index is 12.7. The number of rotatable bonds is 4. The topological polar surface area (TPSA) is 20.3 Å². The van der Waals surface area contributed by atoms with Crippen LogP contribution in [-0.2, 0) is 0 Å². The summed E-state index contributed by atoms with van der Waals surface area (Å²) in [6, 6.07) is 8.64. The second-order valence-electron chi connectivity index (χ2n) is 5.53. The monoisotopic (exact) mass is 307 g/mol. The number of hydrogen-bond donors (Lipinski definition) is 0. The first-order chi connectivity index (χ1) is 8.66. The van der Waals surface area contributed by atoms with Crippen LogP contribution in [0.25, 0.3) is 0 Å². The maximum Gasteiger partial charge on any atom is 0.254 e. The van der Waals surface area contributed by atoms with Crippen LogP contribution in [0.5, 0.6) is 0 Å². The molecule has 0 radical (unpaired) electrons. The lowest BCUT2D eigenvalue weighted by Gasteiger charge is -2.29. The van der Waals surface area contributed by atoms with Gasteiger partial charge in [0.05, 0.1) is 0 Å². The van der Waals surface area contributed by atoms with Gasteiger partial charge in [-0.1, -0.05) is 22.0 Å². The van der Waals surface area contributed by atoms with Crippen molar-refractivity contribution in [2.24, 2.45) is 5.92 Å². The zero-order valence-corrected chi connectivity index (χ0v) is 12.2. The van der Waals surface area contributed by atoms with E-state index in [1.165, 1.54) is 25.7 Å². The molecule has 2 aliphatic carbocycles. The van der Waals surface area contributed by atoms with Gasteiger partial charge in [-0.25, -0.2) is 0 Å². The van der Waals surface area contributed by atoms with Gasteiger partial charge in [-0.05, 0) is 56.7 Å². The van der Waals surface area contributed by atoms with Crippen LogP contribution in [-0.4, -0.2) is 22.9 Å². The fourth-order valence-electron chi connectivity index (χ4n) is 2.61. The summed E-state index contributed by atoms with van der Waals surface area (Å²) in [5.41, 5.74) is 0.809. The highest BCUT2D eigenvalue weighted by molar-refractivity contribution is 9.10. The highest BCUT2D eigenvalue weighted by atomic mass is 79.9. The Morgan fingerprint density at radius 1 is 1.33 bits per heavy atom. The van der Waals surface area contributed by atoms with Crippen LogP contribution in [0.4, 0.5) is 0 Å². The van der Waals surface area contributed by atoms with E-state index >= 15 is 0 Å². The molecule has 2 nitrogen and oxygen atoms in total. The number of hydrogen-bond acceptors (Lipinski definition) is 1. The van der Waals surface area contributed by atoms with E-state index in [0.717, 1.165) is 16.0 Å². The normalized spacial score (nSPS) is 20.6. The molecule has 0 N–H and O–H groups in total. The average molecular weight is 308 g/mol. The Labute approximate surface area is 116 Å². The molecular formula is C15H18BrNO. The molecule has 3 rings (SSSR count). The van der Waals surface area contributed by atoms with Crippen LogP contribution in [0, 0.1) is 5.92 Å². The third-order valence-corrected chi connectivity index (χ3v) is 4.48. The van der Waals surface area contributed by atoms with E-state index in [4.69, 9.17) is 0 Å². The quantitative estimate of drug-likeness (QED) is 0.827. The van der Waals surface area contributed by atoms with Gasteiger partial charge < -0.3 is 4.90 Å². The molecule has 0 saturated heterocycles. The van der Waals surface area contributed by atoms with Gasteiger partial charge in [0.15, 0.2) is 0 Å². The smallest absolute Gasteiger partial charge is 0.254 e. The first kappa shape index (κ1) is 12.2. The largest absolute Gasteiger partial charge is 0.333 e. The predicted molar refractivity (Wildman–Crippen MR) is 75.5 cm³/mol. The highest BCUT2D eigenvalue weighted by Crippen LogP contribution is 2.40. The van der Waals surface area contributed by atoms with Crippen molar-refractivity contribution in [3.05, 3.63) is 34.3 Å². The van der Waals surface area contributed by atoms with Crippen LogP contribution in [0.1, 0.15) is 43.0 Å². The molecule has 1 aromatic carbocycles. The fourth-order valence-corrected chi connectivity index (χ4v) is 3.01. The lowest BCUT2D eigenvalue weighted by atomic mass is 10.1. The lowest BCUT2D eigenvalue weighted by Crippen LogP contribution is -2.41. The summed E-state index contributed by atoms with van der Waals surface area (Å²) in [5.74, 6) is 0.944. The number of benzene rings is 1. The molecular weight excluding hydrogens is 290 g/mol. The molecule has 1 unspecified atom stereocenters. The minimum Gasteiger partial charge on any atom is -0.333 e. The van der Waals surface area contributed by atoms with Gasteiger partial charge in [0.25, 0.3) is 5.91 Å². The number of carbonyl (C=O) groups excluding carboxylic acids is 1. The van der Waals surface area contributed by atoms with Crippen molar-refractivity contribution in [2.45, 2.75) is 44.7 Å². The first-order valence-corrected chi connectivity index (χ1v) is 7.54. The number of halogens is 1. The van der Waals surface area contributed by atoms with Crippen molar-refractivity contribution < 1.29 is 4.79 Å². The second kappa shape index (κ2) is 4.69. The molecule has 2 fully saturated rings. The van der Waals surface area contributed by atoms with Crippen LogP contribution < -0.4 is 0 Å². The van der Waals surface area contributed by atoms with Crippen molar-refractivity contribution >= 4 is 21.8 Å². The van der Waals surface area contributed by atoms with Crippen molar-refractivity contribution in [1.29, 1.82) is 0 Å². The van der Waals surface area contributed by atoms with Gasteiger partial charge in [0.2, 0.25) is 0 Å². The number of amides is 1. The molecule has 0 heterocycles. The standard InChI is InChI=1S/C15H18BrNO/c1-10(11-5-6-11)17(14-7-8-14)15(18)12-3-2-4-13(16)9-12/h2-4,9-11,14H,5-8H2,1H3. The zero-order valence-electron chi connectivity index (χ0n) is 10.6. The van der Waals surface area contributed by atoms with Gasteiger partial charge in [-0.3, -0.25) is 4.79 Å². The zero-order chi connectivity index (χ0) is 12.7. The van der Waals surface area contributed by atoms with Crippen molar-refractivity contribution in [3.8, 4) is 0 Å². The SMILES string of the molecule is CC(C1CC1)N(C(=O)c1cccc(Br)c1)C1CC1. The lowest BCUT2D eigenvalue weighted by molar-refractivity contribution is 0.0654. The summed E-state index contributed by atoms with van der Waals surface area (Å²) in [7, 11) is 0. The third kappa shape index (κ3) is 2.46. The first-order valence-electron chi connectivity index (χ1n) is 6.75. The Morgan fingerprint density at radius 2 is 2.06 bits per heavy atom. The summed E-state index contributed by atoms with van der Waals surface area (Å²) in [6.45, 7) is 2.21.